The van der Waals surface area contributed by atoms with Crippen LogP contribution in [0.1, 0.15) is 18.4 Å². The molecule has 2 aromatic carbocycles. The van der Waals surface area contributed by atoms with Crippen LogP contribution in [0.4, 0.5) is 5.69 Å². The van der Waals surface area contributed by atoms with Crippen molar-refractivity contribution in [3.05, 3.63) is 59.1 Å². The summed E-state index contributed by atoms with van der Waals surface area (Å²) in [6.07, 6.45) is 2.27. The van der Waals surface area contributed by atoms with Crippen LogP contribution < -0.4 is 15.8 Å². The van der Waals surface area contributed by atoms with Crippen molar-refractivity contribution < 1.29 is 4.74 Å². The van der Waals surface area contributed by atoms with Gasteiger partial charge in [-0.25, -0.2) is 0 Å². The molecule has 2 aromatic rings. The number of nitrogens with two attached hydrogens (primary N) is 1. The standard InChI is InChI=1S/C18H20ClN3O.HI/c1-23-16-8-6-15(7-9-16)22-17(20)21-12-18(10-11-18)13-2-4-14(19)5-3-13;/h2-9H,10-12H2,1H3,(H3,20,21,22);1H. The van der Waals surface area contributed by atoms with E-state index >= 15 is 0 Å². The molecule has 0 unspecified atom stereocenters. The molecule has 24 heavy (non-hydrogen) atoms. The van der Waals surface area contributed by atoms with Gasteiger partial charge in [0.15, 0.2) is 5.96 Å². The van der Waals surface area contributed by atoms with E-state index in [4.69, 9.17) is 22.1 Å². The summed E-state index contributed by atoms with van der Waals surface area (Å²) in [7, 11) is 1.64. The Morgan fingerprint density at radius 1 is 1.17 bits per heavy atom. The lowest BCUT2D eigenvalue weighted by Crippen LogP contribution is -2.24. The average molecular weight is 458 g/mol. The average Bonchev–Trinajstić information content (AvgIpc) is 3.35. The number of halogens is 2. The van der Waals surface area contributed by atoms with Crippen molar-refractivity contribution in [3.8, 4) is 5.75 Å². The number of hydrogen-bond acceptors (Lipinski definition) is 2. The molecule has 0 aliphatic heterocycles. The van der Waals surface area contributed by atoms with E-state index in [9.17, 15) is 0 Å². The van der Waals surface area contributed by atoms with Crippen LogP contribution in [0.3, 0.4) is 0 Å². The van der Waals surface area contributed by atoms with E-state index in [1.807, 2.05) is 36.4 Å². The van der Waals surface area contributed by atoms with Crippen LogP contribution in [0.25, 0.3) is 0 Å². The highest BCUT2D eigenvalue weighted by Gasteiger charge is 2.44. The Labute approximate surface area is 164 Å². The van der Waals surface area contributed by atoms with Crippen molar-refractivity contribution in [1.29, 1.82) is 0 Å². The van der Waals surface area contributed by atoms with Gasteiger partial charge in [0.25, 0.3) is 0 Å². The van der Waals surface area contributed by atoms with Crippen LogP contribution >= 0.6 is 35.6 Å². The zero-order chi connectivity index (χ0) is 16.3. The summed E-state index contributed by atoms with van der Waals surface area (Å²) in [5, 5.41) is 3.86. The normalized spacial score (nSPS) is 15.3. The summed E-state index contributed by atoms with van der Waals surface area (Å²) in [4.78, 5) is 4.51. The van der Waals surface area contributed by atoms with Crippen LogP contribution in [0.5, 0.6) is 5.75 Å². The van der Waals surface area contributed by atoms with Crippen molar-refractivity contribution >= 4 is 47.2 Å². The Balaban J connectivity index is 0.00000208. The van der Waals surface area contributed by atoms with Gasteiger partial charge in [-0.1, -0.05) is 23.7 Å². The van der Waals surface area contributed by atoms with E-state index < -0.39 is 0 Å². The molecule has 3 N–H and O–H groups in total. The summed E-state index contributed by atoms with van der Waals surface area (Å²) in [6, 6.07) is 15.6. The number of nitrogens with zero attached hydrogens (tertiary/aromatic N) is 1. The van der Waals surface area contributed by atoms with E-state index in [0.29, 0.717) is 12.5 Å². The monoisotopic (exact) mass is 457 g/mol. The van der Waals surface area contributed by atoms with E-state index in [0.717, 1.165) is 29.3 Å². The summed E-state index contributed by atoms with van der Waals surface area (Å²) in [5.74, 6) is 1.24. The first-order chi connectivity index (χ1) is 11.1. The van der Waals surface area contributed by atoms with Crippen molar-refractivity contribution in [1.82, 2.24) is 0 Å². The lowest BCUT2D eigenvalue weighted by molar-refractivity contribution is 0.415. The van der Waals surface area contributed by atoms with Gasteiger partial charge in [0.1, 0.15) is 5.75 Å². The number of methoxy groups -OCH3 is 1. The van der Waals surface area contributed by atoms with Crippen LogP contribution in [-0.2, 0) is 5.41 Å². The summed E-state index contributed by atoms with van der Waals surface area (Å²) < 4.78 is 5.13. The second-order valence-electron chi connectivity index (χ2n) is 5.84. The lowest BCUT2D eigenvalue weighted by atomic mass is 9.96. The number of benzene rings is 2. The fourth-order valence-electron chi connectivity index (χ4n) is 2.59. The molecule has 3 rings (SSSR count). The molecule has 0 spiro atoms. The first-order valence-corrected chi connectivity index (χ1v) is 7.96. The molecular weight excluding hydrogens is 437 g/mol. The number of ether oxygens (including phenoxy) is 1. The van der Waals surface area contributed by atoms with Crippen LogP contribution in [0.2, 0.25) is 5.02 Å². The maximum absolute atomic E-state index is 6.00. The van der Waals surface area contributed by atoms with Gasteiger partial charge in [-0.05, 0) is 54.8 Å². The van der Waals surface area contributed by atoms with E-state index in [1.54, 1.807) is 7.11 Å². The predicted octanol–water partition coefficient (Wildman–Crippen LogP) is 4.43. The summed E-state index contributed by atoms with van der Waals surface area (Å²) >= 11 is 5.96. The minimum Gasteiger partial charge on any atom is -0.497 e. The van der Waals surface area contributed by atoms with Crippen molar-refractivity contribution in [2.75, 3.05) is 19.0 Å². The third-order valence-electron chi connectivity index (χ3n) is 4.22. The molecule has 0 saturated heterocycles. The molecule has 0 atom stereocenters. The molecular formula is C18H21ClIN3O. The molecule has 0 aromatic heterocycles. The quantitative estimate of drug-likeness (QED) is 0.397. The molecule has 4 nitrogen and oxygen atoms in total. The number of guanidine groups is 1. The summed E-state index contributed by atoms with van der Waals surface area (Å²) in [6.45, 7) is 0.684. The maximum Gasteiger partial charge on any atom is 0.193 e. The van der Waals surface area contributed by atoms with Gasteiger partial charge in [-0.3, -0.25) is 4.99 Å². The van der Waals surface area contributed by atoms with Gasteiger partial charge in [0, 0.05) is 16.1 Å². The first kappa shape index (κ1) is 18.9. The molecule has 0 radical (unpaired) electrons. The number of rotatable bonds is 5. The second kappa shape index (κ2) is 8.07. The number of nitrogens with one attached hydrogen (secondary N) is 1. The molecule has 6 heteroatoms. The Morgan fingerprint density at radius 2 is 1.79 bits per heavy atom. The molecule has 1 aliphatic rings. The predicted molar refractivity (Wildman–Crippen MR) is 111 cm³/mol. The zero-order valence-corrected chi connectivity index (χ0v) is 16.5. The number of hydrogen-bond donors (Lipinski definition) is 2. The highest BCUT2D eigenvalue weighted by Crippen LogP contribution is 2.48. The van der Waals surface area contributed by atoms with Gasteiger partial charge >= 0.3 is 0 Å². The van der Waals surface area contributed by atoms with Gasteiger partial charge in [0.2, 0.25) is 0 Å². The van der Waals surface area contributed by atoms with Gasteiger partial charge in [0.05, 0.1) is 13.7 Å². The van der Waals surface area contributed by atoms with E-state index in [1.165, 1.54) is 5.56 Å². The SMILES string of the molecule is COc1ccc(NC(N)=NCC2(c3ccc(Cl)cc3)CC2)cc1.I. The minimum absolute atomic E-state index is 0. The van der Waals surface area contributed by atoms with Gasteiger partial charge < -0.3 is 15.8 Å². The fraction of sp³-hybridized carbons (Fsp3) is 0.278. The lowest BCUT2D eigenvalue weighted by Gasteiger charge is -2.14. The zero-order valence-electron chi connectivity index (χ0n) is 13.5. The Bertz CT molecular complexity index is 697. The molecule has 0 bridgehead atoms. The first-order valence-electron chi connectivity index (χ1n) is 7.58. The third-order valence-corrected chi connectivity index (χ3v) is 4.48. The topological polar surface area (TPSA) is 59.6 Å². The van der Waals surface area contributed by atoms with E-state index in [2.05, 4.69) is 22.4 Å². The Morgan fingerprint density at radius 3 is 2.33 bits per heavy atom. The molecule has 1 saturated carbocycles. The van der Waals surface area contributed by atoms with Crippen molar-refractivity contribution in [2.24, 2.45) is 10.7 Å². The van der Waals surface area contributed by atoms with Gasteiger partial charge in [-0.15, -0.1) is 24.0 Å². The number of aliphatic imine (C=N–C) groups is 1. The molecule has 128 valence electrons. The highest BCUT2D eigenvalue weighted by atomic mass is 127. The maximum atomic E-state index is 6.00. The highest BCUT2D eigenvalue weighted by molar-refractivity contribution is 14.0. The third kappa shape index (κ3) is 4.54. The van der Waals surface area contributed by atoms with Crippen molar-refractivity contribution in [2.45, 2.75) is 18.3 Å². The fourth-order valence-corrected chi connectivity index (χ4v) is 2.72. The second-order valence-corrected chi connectivity index (χ2v) is 6.28. The Kier molecular flexibility index (Phi) is 6.34. The molecule has 1 aliphatic carbocycles. The van der Waals surface area contributed by atoms with Crippen LogP contribution in [-0.4, -0.2) is 19.6 Å². The van der Waals surface area contributed by atoms with E-state index in [-0.39, 0.29) is 29.4 Å². The molecule has 0 heterocycles. The molecule has 1 fully saturated rings. The Hall–Kier alpha value is -1.47. The summed E-state index contributed by atoms with van der Waals surface area (Å²) in [5.41, 5.74) is 8.29. The van der Waals surface area contributed by atoms with Gasteiger partial charge in [-0.2, -0.15) is 0 Å². The molecule has 0 amide bonds. The van der Waals surface area contributed by atoms with Crippen LogP contribution in [0.15, 0.2) is 53.5 Å². The number of anilines is 1. The largest absolute Gasteiger partial charge is 0.497 e. The minimum atomic E-state index is 0. The van der Waals surface area contributed by atoms with Crippen LogP contribution in [0, 0.1) is 0 Å². The van der Waals surface area contributed by atoms with Crippen molar-refractivity contribution in [3.63, 3.8) is 0 Å². The smallest absolute Gasteiger partial charge is 0.193 e.